The molecule has 8 aromatic carbocycles. The summed E-state index contributed by atoms with van der Waals surface area (Å²) in [5.41, 5.74) is 13.3. The standard InChI is InChI=1S/2C24H16N2.C14H14S2.2C2H3N.2F6P.Ru/c2*1-3-7-17(8-4-1)19-13-15-25-23-21(19)11-12-22-20(14-16-26-24(22)23)18-9-5-2-6-10-18;1-3-7-13(8-4-1)15-11-12-16-14-9-5-2-6-10-14;2*1-2-3;2*1-7(2,3,4,5)6;/h2*1-16H;1-10H,11-12H2;2*1H3;;;/q;;;;;2*-1;+2. The van der Waals surface area contributed by atoms with Gasteiger partial charge in [-0.1, -0.05) is 182 Å². The van der Waals surface area contributed by atoms with Crippen LogP contribution in [-0.2, 0) is 19.5 Å². The van der Waals surface area contributed by atoms with E-state index in [4.69, 9.17) is 10.5 Å². The molecular weight excluding hydrogens is 1330 g/mol. The summed E-state index contributed by atoms with van der Waals surface area (Å²) in [5, 5.41) is 19.2. The molecule has 0 amide bonds. The van der Waals surface area contributed by atoms with Gasteiger partial charge in [-0.3, -0.25) is 19.9 Å². The summed E-state index contributed by atoms with van der Waals surface area (Å²) in [6.45, 7) is 2.86. The van der Waals surface area contributed by atoms with Crippen LogP contribution in [0.5, 0.6) is 0 Å². The van der Waals surface area contributed by atoms with Crippen LogP contribution < -0.4 is 0 Å². The van der Waals surface area contributed by atoms with Crippen LogP contribution in [0.3, 0.4) is 0 Å². The molecule has 12 aromatic rings. The molecule has 0 bridgehead atoms. The summed E-state index contributed by atoms with van der Waals surface area (Å²) in [5.74, 6) is 2.31. The van der Waals surface area contributed by atoms with Crippen molar-refractivity contribution in [3.63, 3.8) is 0 Å². The van der Waals surface area contributed by atoms with E-state index in [9.17, 15) is 50.4 Å². The van der Waals surface area contributed by atoms with E-state index in [-0.39, 0.29) is 19.5 Å². The summed E-state index contributed by atoms with van der Waals surface area (Å²) in [7, 11) is -21.3. The first kappa shape index (κ1) is 71.5. The molecule has 12 rings (SSSR count). The average molecular weight is 1380 g/mol. The maximum absolute atomic E-state index is 10.7. The summed E-state index contributed by atoms with van der Waals surface area (Å²) in [6.07, 6.45) is 7.50. The van der Waals surface area contributed by atoms with Crippen LogP contribution in [0.1, 0.15) is 13.8 Å². The van der Waals surface area contributed by atoms with E-state index in [1.54, 1.807) is 12.1 Å². The molecule has 4 heterocycles. The van der Waals surface area contributed by atoms with Gasteiger partial charge in [0.2, 0.25) is 0 Å². The second kappa shape index (κ2) is 30.3. The SMILES string of the molecule is CC#N.CC#N.F[P-](F)(F)(F)(F)F.F[P-](F)(F)(F)(F)F.[Ru+2].c1ccc(-c2ccnc3c2ccc2c(-c4ccccc4)ccnc23)cc1.c1ccc(-c2ccnc3c2ccc2c(-c4ccccc4)ccnc23)cc1.c1ccc(SCCSc2ccccc2)cc1. The third kappa shape index (κ3) is 25.8. The van der Waals surface area contributed by atoms with E-state index < -0.39 is 15.6 Å². The Morgan fingerprint density at radius 2 is 0.472 bits per heavy atom. The Balaban J connectivity index is 0.000000214. The van der Waals surface area contributed by atoms with Crippen molar-refractivity contribution >= 4 is 82.8 Å². The van der Waals surface area contributed by atoms with Crippen LogP contribution in [0.4, 0.5) is 50.4 Å². The van der Waals surface area contributed by atoms with Crippen LogP contribution >= 0.6 is 39.1 Å². The molecule has 0 saturated carbocycles. The average Bonchev–Trinajstić information content (AvgIpc) is 0.894. The number of hydrogen-bond donors (Lipinski definition) is 0. The maximum atomic E-state index is 9.87. The zero-order valence-electron chi connectivity index (χ0n) is 46.9. The number of halogens is 12. The van der Waals surface area contributed by atoms with E-state index in [2.05, 4.69) is 226 Å². The second-order valence-electron chi connectivity index (χ2n) is 18.3. The van der Waals surface area contributed by atoms with Crippen molar-refractivity contribution in [1.82, 2.24) is 19.9 Å². The van der Waals surface area contributed by atoms with Crippen LogP contribution in [0.2, 0.25) is 0 Å². The Hall–Kier alpha value is -8.28. The summed E-state index contributed by atoms with van der Waals surface area (Å²) < 4.78 is 118. The molecule has 89 heavy (non-hydrogen) atoms. The van der Waals surface area contributed by atoms with Gasteiger partial charge < -0.3 is 0 Å². The van der Waals surface area contributed by atoms with Gasteiger partial charge in [-0.15, -0.1) is 23.5 Å². The number of pyridine rings is 4. The number of benzene rings is 8. The van der Waals surface area contributed by atoms with Crippen molar-refractivity contribution < 1.29 is 69.8 Å². The van der Waals surface area contributed by atoms with E-state index in [0.717, 1.165) is 55.1 Å². The zero-order chi connectivity index (χ0) is 64.0. The number of rotatable bonds is 9. The van der Waals surface area contributed by atoms with Gasteiger partial charge in [-0.2, -0.15) is 10.5 Å². The van der Waals surface area contributed by atoms with Gasteiger partial charge in [-0.05, 0) is 93.0 Å². The van der Waals surface area contributed by atoms with Gasteiger partial charge in [0.25, 0.3) is 0 Å². The molecule has 23 heteroatoms. The third-order valence-corrected chi connectivity index (χ3v) is 14.0. The molecule has 0 spiro atoms. The minimum atomic E-state index is -10.7. The van der Waals surface area contributed by atoms with E-state index in [0.29, 0.717) is 0 Å². The van der Waals surface area contributed by atoms with Gasteiger partial charge >= 0.3 is 85.5 Å². The van der Waals surface area contributed by atoms with Gasteiger partial charge in [-0.25, -0.2) is 0 Å². The van der Waals surface area contributed by atoms with Gasteiger partial charge in [0.1, 0.15) is 0 Å². The fourth-order valence-electron chi connectivity index (χ4n) is 8.49. The number of aromatic nitrogens is 4. The van der Waals surface area contributed by atoms with Crippen LogP contribution in [0, 0.1) is 22.7 Å². The van der Waals surface area contributed by atoms with Crippen molar-refractivity contribution in [2.45, 2.75) is 23.6 Å². The topological polar surface area (TPSA) is 99.1 Å². The van der Waals surface area contributed by atoms with Gasteiger partial charge in [0.15, 0.2) is 0 Å². The van der Waals surface area contributed by atoms with Crippen LogP contribution in [0.15, 0.2) is 265 Å². The molecule has 0 saturated heterocycles. The molecule has 0 radical (unpaired) electrons. The summed E-state index contributed by atoms with van der Waals surface area (Å²) in [6, 6.07) is 83.3. The summed E-state index contributed by atoms with van der Waals surface area (Å²) in [4.78, 5) is 21.4. The Bertz CT molecular complexity index is 3800. The Labute approximate surface area is 527 Å². The quantitative estimate of drug-likeness (QED) is 0.0352. The van der Waals surface area contributed by atoms with E-state index in [1.807, 2.05) is 72.6 Å². The number of hydrogen-bond acceptors (Lipinski definition) is 8. The predicted molar refractivity (Wildman–Crippen MR) is 340 cm³/mol. The minimum Gasteiger partial charge on any atom is -0.254 e. The van der Waals surface area contributed by atoms with Gasteiger partial charge in [0.05, 0.1) is 34.2 Å². The molecule has 460 valence electrons. The molecule has 0 atom stereocenters. The number of thioether (sulfide) groups is 2. The first-order chi connectivity index (χ1) is 41.5. The largest absolute Gasteiger partial charge is 2.00 e. The Kier molecular flexibility index (Phi) is 24.3. The molecule has 0 aliphatic carbocycles. The maximum Gasteiger partial charge on any atom is 2.00 e. The third-order valence-electron chi connectivity index (χ3n) is 11.7. The molecule has 4 aromatic heterocycles. The number of nitriles is 2. The molecule has 6 nitrogen and oxygen atoms in total. The fraction of sp³-hybridized carbons (Fsp3) is 0.0606. The van der Waals surface area contributed by atoms with E-state index in [1.165, 1.54) is 68.1 Å². The first-order valence-corrected chi connectivity index (χ1v) is 32.2. The Morgan fingerprint density at radius 1 is 0.303 bits per heavy atom. The number of fused-ring (bicyclic) bond motifs is 6. The molecule has 0 aliphatic heterocycles. The van der Waals surface area contributed by atoms with Crippen molar-refractivity contribution in [2.75, 3.05) is 11.5 Å². The van der Waals surface area contributed by atoms with Crippen molar-refractivity contribution in [1.29, 1.82) is 10.5 Å². The normalized spacial score (nSPS) is 12.1. The molecule has 0 N–H and O–H groups in total. The fourth-order valence-corrected chi connectivity index (χ4v) is 10.3. The summed E-state index contributed by atoms with van der Waals surface area (Å²) >= 11 is 3.84. The van der Waals surface area contributed by atoms with Crippen LogP contribution in [-0.4, -0.2) is 31.4 Å². The van der Waals surface area contributed by atoms with Crippen molar-refractivity contribution in [3.05, 3.63) is 255 Å². The molecular formula is C66H52F12N6P2RuS2. The smallest absolute Gasteiger partial charge is 0.254 e. The second-order valence-corrected chi connectivity index (χ2v) is 24.5. The van der Waals surface area contributed by atoms with Crippen molar-refractivity contribution in [3.8, 4) is 56.6 Å². The molecule has 0 fully saturated rings. The number of nitrogens with zero attached hydrogens (tertiary/aromatic N) is 6. The predicted octanol–water partition coefficient (Wildman–Crippen LogP) is 24.6. The zero-order valence-corrected chi connectivity index (χ0v) is 52.1. The van der Waals surface area contributed by atoms with Gasteiger partial charge in [0, 0.05) is 81.5 Å². The molecule has 0 unspecified atom stereocenters. The minimum absolute atomic E-state index is 0. The Morgan fingerprint density at radius 3 is 0.652 bits per heavy atom. The van der Waals surface area contributed by atoms with E-state index >= 15 is 0 Å². The van der Waals surface area contributed by atoms with Crippen molar-refractivity contribution in [2.24, 2.45) is 0 Å². The monoisotopic (exact) mass is 1380 g/mol. The first-order valence-electron chi connectivity index (χ1n) is 26.2. The van der Waals surface area contributed by atoms with Crippen LogP contribution in [0.25, 0.3) is 88.1 Å². The molecule has 0 aliphatic rings.